The number of para-hydroxylation sites is 2. The average Bonchev–Trinajstić information content (AvgIpc) is 3.13. The molecule has 1 unspecified atom stereocenters. The van der Waals surface area contributed by atoms with Crippen LogP contribution in [-0.2, 0) is 11.2 Å². The van der Waals surface area contributed by atoms with Gasteiger partial charge in [0.1, 0.15) is 5.82 Å². The van der Waals surface area contributed by atoms with Crippen LogP contribution in [0.3, 0.4) is 0 Å². The van der Waals surface area contributed by atoms with Crippen LogP contribution in [0.4, 0.5) is 5.69 Å². The first kappa shape index (κ1) is 17.7. The molecule has 0 bridgehead atoms. The summed E-state index contributed by atoms with van der Waals surface area (Å²) in [6, 6.07) is 16.3. The molecule has 1 aliphatic rings. The van der Waals surface area contributed by atoms with E-state index in [2.05, 4.69) is 35.4 Å². The second-order valence-corrected chi connectivity index (χ2v) is 7.46. The van der Waals surface area contributed by atoms with Crippen LogP contribution in [0.15, 0.2) is 48.5 Å². The van der Waals surface area contributed by atoms with E-state index in [9.17, 15) is 4.79 Å². The first-order valence-corrected chi connectivity index (χ1v) is 9.88. The Morgan fingerprint density at radius 3 is 2.81 bits per heavy atom. The van der Waals surface area contributed by atoms with Crippen molar-refractivity contribution >= 4 is 22.6 Å². The quantitative estimate of drug-likeness (QED) is 0.652. The number of nitrogens with zero attached hydrogens (tertiary/aromatic N) is 1. The van der Waals surface area contributed by atoms with Crippen LogP contribution in [0, 0.1) is 0 Å². The minimum absolute atomic E-state index is 0.0829. The highest BCUT2D eigenvalue weighted by molar-refractivity contribution is 5.91. The molecule has 27 heavy (non-hydrogen) atoms. The molecular weight excluding hydrogens is 336 g/mol. The third-order valence-electron chi connectivity index (χ3n) is 5.47. The van der Waals surface area contributed by atoms with Crippen molar-refractivity contribution in [3.63, 3.8) is 0 Å². The van der Waals surface area contributed by atoms with E-state index in [-0.39, 0.29) is 5.91 Å². The van der Waals surface area contributed by atoms with Crippen molar-refractivity contribution in [1.29, 1.82) is 0 Å². The molecule has 0 radical (unpaired) electrons. The summed E-state index contributed by atoms with van der Waals surface area (Å²) in [5.74, 6) is 1.53. The zero-order valence-corrected chi connectivity index (χ0v) is 15.8. The molecule has 3 N–H and O–H groups in total. The number of aromatic nitrogens is 2. The molecule has 2 heterocycles. The molecule has 1 aliphatic heterocycles. The van der Waals surface area contributed by atoms with Crippen molar-refractivity contribution in [2.75, 3.05) is 25.0 Å². The van der Waals surface area contributed by atoms with Gasteiger partial charge in [-0.15, -0.1) is 0 Å². The molecule has 0 saturated carbocycles. The zero-order chi connectivity index (χ0) is 18.6. The van der Waals surface area contributed by atoms with Crippen LogP contribution in [-0.4, -0.2) is 35.5 Å². The Labute approximate surface area is 159 Å². The first-order valence-electron chi connectivity index (χ1n) is 9.88. The summed E-state index contributed by atoms with van der Waals surface area (Å²) in [5.41, 5.74) is 4.27. The van der Waals surface area contributed by atoms with Crippen LogP contribution < -0.4 is 10.2 Å². The number of likely N-dealkylation sites (tertiary alicyclic amines) is 1. The van der Waals surface area contributed by atoms with Gasteiger partial charge in [0.25, 0.3) is 5.91 Å². The van der Waals surface area contributed by atoms with E-state index < -0.39 is 0 Å². The number of piperidine rings is 1. The second-order valence-electron chi connectivity index (χ2n) is 7.46. The van der Waals surface area contributed by atoms with Crippen molar-refractivity contribution < 1.29 is 9.69 Å². The lowest BCUT2D eigenvalue weighted by Crippen LogP contribution is -3.14. The Morgan fingerprint density at radius 1 is 1.22 bits per heavy atom. The lowest BCUT2D eigenvalue weighted by atomic mass is 9.97. The van der Waals surface area contributed by atoms with Gasteiger partial charge in [-0.3, -0.25) is 4.79 Å². The van der Waals surface area contributed by atoms with Gasteiger partial charge in [-0.05, 0) is 49.1 Å². The lowest BCUT2D eigenvalue weighted by molar-refractivity contribution is -0.898. The number of H-pyrrole nitrogens is 1. The molecule has 4 rings (SSSR count). The summed E-state index contributed by atoms with van der Waals surface area (Å²) >= 11 is 0. The molecular formula is C22H27N4O+. The van der Waals surface area contributed by atoms with Crippen LogP contribution in [0.5, 0.6) is 0 Å². The van der Waals surface area contributed by atoms with Crippen molar-refractivity contribution in [2.45, 2.75) is 32.1 Å². The number of amides is 1. The zero-order valence-electron chi connectivity index (χ0n) is 15.8. The smallest absolute Gasteiger partial charge is 0.279 e. The lowest BCUT2D eigenvalue weighted by Gasteiger charge is -2.28. The fourth-order valence-corrected chi connectivity index (χ4v) is 3.97. The highest BCUT2D eigenvalue weighted by atomic mass is 16.2. The molecule has 1 aromatic heterocycles. The number of rotatable bonds is 5. The van der Waals surface area contributed by atoms with Gasteiger partial charge in [-0.1, -0.05) is 31.2 Å². The van der Waals surface area contributed by atoms with Gasteiger partial charge < -0.3 is 15.2 Å². The number of anilines is 1. The van der Waals surface area contributed by atoms with Gasteiger partial charge in [0.05, 0.1) is 30.0 Å². The molecule has 0 aliphatic carbocycles. The molecule has 1 fully saturated rings. The highest BCUT2D eigenvalue weighted by Crippen LogP contribution is 2.22. The monoisotopic (exact) mass is 363 g/mol. The number of quaternary nitrogens is 1. The van der Waals surface area contributed by atoms with Gasteiger partial charge in [-0.25, -0.2) is 4.98 Å². The first-order chi connectivity index (χ1) is 13.2. The number of imidazole rings is 1. The molecule has 140 valence electrons. The van der Waals surface area contributed by atoms with Crippen molar-refractivity contribution in [1.82, 2.24) is 9.97 Å². The fraction of sp³-hybridized carbons (Fsp3) is 0.364. The van der Waals surface area contributed by atoms with Gasteiger partial charge in [0.2, 0.25) is 0 Å². The Kier molecular flexibility index (Phi) is 5.21. The number of hydrogen-bond donors (Lipinski definition) is 3. The van der Waals surface area contributed by atoms with Gasteiger partial charge in [0.15, 0.2) is 6.54 Å². The largest absolute Gasteiger partial charge is 0.342 e. The van der Waals surface area contributed by atoms with Gasteiger partial charge in [-0.2, -0.15) is 0 Å². The van der Waals surface area contributed by atoms with Crippen molar-refractivity contribution in [3.05, 3.63) is 59.9 Å². The molecule has 5 heteroatoms. The molecule has 2 atom stereocenters. The van der Waals surface area contributed by atoms with E-state index in [4.69, 9.17) is 4.98 Å². The predicted octanol–water partition coefficient (Wildman–Crippen LogP) is 2.53. The number of fused-ring (bicyclic) bond motifs is 1. The summed E-state index contributed by atoms with van der Waals surface area (Å²) in [6.07, 6.45) is 3.26. The summed E-state index contributed by atoms with van der Waals surface area (Å²) in [6.45, 7) is 4.62. The van der Waals surface area contributed by atoms with Gasteiger partial charge in [0, 0.05) is 5.69 Å². The number of carbonyl (C=O) groups excluding carboxylic acids is 1. The third kappa shape index (κ3) is 4.19. The normalized spacial score (nSPS) is 19.9. The summed E-state index contributed by atoms with van der Waals surface area (Å²) in [5, 5.41) is 3.03. The minimum atomic E-state index is 0.0829. The molecule has 1 saturated heterocycles. The van der Waals surface area contributed by atoms with Crippen molar-refractivity contribution in [3.8, 4) is 0 Å². The molecule has 1 amide bonds. The fourth-order valence-electron chi connectivity index (χ4n) is 3.97. The Morgan fingerprint density at radius 2 is 2.04 bits per heavy atom. The van der Waals surface area contributed by atoms with Crippen LogP contribution >= 0.6 is 0 Å². The van der Waals surface area contributed by atoms with Crippen molar-refractivity contribution in [2.24, 2.45) is 0 Å². The average molecular weight is 363 g/mol. The maximum atomic E-state index is 12.5. The molecule has 5 nitrogen and oxygen atoms in total. The van der Waals surface area contributed by atoms with Crippen LogP contribution in [0.25, 0.3) is 11.0 Å². The maximum absolute atomic E-state index is 12.5. The van der Waals surface area contributed by atoms with E-state index in [1.807, 2.05) is 30.3 Å². The molecule has 2 aromatic carbocycles. The van der Waals surface area contributed by atoms with E-state index in [1.165, 1.54) is 10.5 Å². The summed E-state index contributed by atoms with van der Waals surface area (Å²) in [4.78, 5) is 22.0. The number of hydrogen-bond acceptors (Lipinski definition) is 2. The van der Waals surface area contributed by atoms with Crippen LogP contribution in [0.1, 0.15) is 37.1 Å². The summed E-state index contributed by atoms with van der Waals surface area (Å²) < 4.78 is 0. The second kappa shape index (κ2) is 7.92. The standard InChI is InChI=1S/C22H26N4O/c1-2-16-9-11-18(12-10-16)23-21(27)15-26-13-5-6-17(14-26)22-24-19-7-3-4-8-20(19)25-22/h3-4,7-12,17H,2,5-6,13-15H2,1H3,(H,23,27)(H,24,25)/p+1/t17-/m1/s1. The van der Waals surface area contributed by atoms with E-state index >= 15 is 0 Å². The van der Waals surface area contributed by atoms with E-state index in [1.54, 1.807) is 0 Å². The number of aryl methyl sites for hydroxylation is 1. The number of benzene rings is 2. The Bertz CT molecular complexity index is 882. The third-order valence-corrected chi connectivity index (χ3v) is 5.47. The SMILES string of the molecule is CCc1ccc(NC(=O)C[NH+]2CCC[C@@H](c3nc4ccccc4[nH]3)C2)cc1. The van der Waals surface area contributed by atoms with E-state index in [0.29, 0.717) is 12.5 Å². The molecule has 0 spiro atoms. The van der Waals surface area contributed by atoms with Crippen LogP contribution in [0.2, 0.25) is 0 Å². The molecule has 3 aromatic rings. The number of aromatic amines is 1. The maximum Gasteiger partial charge on any atom is 0.279 e. The predicted molar refractivity (Wildman–Crippen MR) is 108 cm³/mol. The number of carbonyl (C=O) groups is 1. The van der Waals surface area contributed by atoms with E-state index in [0.717, 1.165) is 54.9 Å². The van der Waals surface area contributed by atoms with Gasteiger partial charge >= 0.3 is 0 Å². The summed E-state index contributed by atoms with van der Waals surface area (Å²) in [7, 11) is 0. The minimum Gasteiger partial charge on any atom is -0.342 e. The number of nitrogens with one attached hydrogen (secondary N) is 3. The Hall–Kier alpha value is -2.66. The Balaban J connectivity index is 1.36. The topological polar surface area (TPSA) is 62.2 Å². The highest BCUT2D eigenvalue weighted by Gasteiger charge is 2.28.